The Morgan fingerprint density at radius 3 is 2.01 bits per heavy atom. The van der Waals surface area contributed by atoms with Gasteiger partial charge >= 0.3 is 0 Å². The molecule has 0 fully saturated rings. The first kappa shape index (κ1) is 21.8. The van der Waals surface area contributed by atoms with Crippen molar-refractivity contribution in [3.05, 3.63) is 223 Å². The number of pyridine rings is 1. The fourth-order valence-corrected chi connectivity index (χ4v) is 7.85. The largest absolute Gasteiger partial charge is 0.509 e. The number of benzene rings is 8. The van der Waals surface area contributed by atoms with Gasteiger partial charge in [0.05, 0.1) is 24.7 Å². The van der Waals surface area contributed by atoms with Crippen LogP contribution in [0.4, 0.5) is 22.7 Å². The average molecular weight is 1120 g/mol. The van der Waals surface area contributed by atoms with Gasteiger partial charge in [0.1, 0.15) is 5.82 Å². The summed E-state index contributed by atoms with van der Waals surface area (Å²) >= 11 is 0. The number of para-hydroxylation sites is 4. The Balaban J connectivity index is 0.0000114. The monoisotopic (exact) mass is 1120 g/mol. The maximum absolute atomic E-state index is 9.84. The molecule has 0 saturated heterocycles. The molecule has 70 heavy (non-hydrogen) atoms. The van der Waals surface area contributed by atoms with Gasteiger partial charge in [0, 0.05) is 93.0 Å². The molecule has 1 aliphatic heterocycles. The van der Waals surface area contributed by atoms with Crippen LogP contribution in [0.3, 0.4) is 0 Å². The second-order valence-electron chi connectivity index (χ2n) is 16.9. The van der Waals surface area contributed by atoms with Crippen molar-refractivity contribution in [2.24, 2.45) is 0 Å². The Morgan fingerprint density at radius 2 is 1.30 bits per heavy atom. The van der Waals surface area contributed by atoms with Crippen molar-refractivity contribution < 1.29 is 71.0 Å². The van der Waals surface area contributed by atoms with Crippen LogP contribution in [0.15, 0.2) is 182 Å². The summed E-state index contributed by atoms with van der Waals surface area (Å²) in [6, 6.07) is 3.85. The van der Waals surface area contributed by atoms with Gasteiger partial charge < -0.3 is 19.1 Å². The van der Waals surface area contributed by atoms with E-state index in [2.05, 4.69) is 17.1 Å². The molecule has 0 bridgehead atoms. The van der Waals surface area contributed by atoms with E-state index in [4.69, 9.17) is 32.2 Å². The molecular formula is C64H55N4OPt-3. The Bertz CT molecular complexity index is 5130. The Kier molecular flexibility index (Phi) is 5.70. The van der Waals surface area contributed by atoms with Crippen LogP contribution in [0, 0.1) is 32.5 Å². The van der Waals surface area contributed by atoms with E-state index in [1.54, 1.807) is 26.8 Å². The molecule has 0 amide bonds. The zero-order chi connectivity index (χ0) is 75.8. The number of rotatable bonds is 8. The Hall–Kier alpha value is -7.20. The fraction of sp³-hybridized carbons (Fsp3) is 0.156. The number of nitrogens with zero attached hydrogens (tertiary/aromatic N) is 4. The molecule has 0 spiro atoms. The molecule has 0 atom stereocenters. The molecule has 350 valence electrons. The summed E-state index contributed by atoms with van der Waals surface area (Å²) < 4.78 is 303. The quantitative estimate of drug-likeness (QED) is 0.142. The van der Waals surface area contributed by atoms with Gasteiger partial charge in [-0.3, -0.25) is 0 Å². The van der Waals surface area contributed by atoms with Gasteiger partial charge in [0.15, 0.2) is 0 Å². The summed E-state index contributed by atoms with van der Waals surface area (Å²) in [5.74, 6) is -0.183. The number of anilines is 4. The molecule has 11 rings (SSSR count). The standard InChI is InChI=1S/C64H55N4O.Pt/c1-42-35-36-65-61(37-42)68-57-20-10-9-17-55(57)56-34-32-51(40-60(56)68)69-50-16-13-15-49(39-50)66-41-67(59-22-12-11-21-58(59)66)62-53(18-14-19-54(62)46-27-29-47(30-28-46)63(3,4)5)45-25-23-44(24-26-45)52-33-31-48(38-43(52)2)64(6,7)8;/h9-38,41H,1-8H3;/q-3;/i1D3,2D3,3D3,4D3,5D3,9D,10D,14D,17D,18D,19D,20D,23D,24D,25D,26D,27D,28D,29D,30D,31D,33D,38D;. The van der Waals surface area contributed by atoms with Gasteiger partial charge in [-0.2, -0.15) is 12.1 Å². The van der Waals surface area contributed by atoms with Crippen molar-refractivity contribution in [1.29, 1.82) is 0 Å². The van der Waals surface area contributed by atoms with Crippen molar-refractivity contribution in [3.63, 3.8) is 0 Å². The first-order chi connectivity index (χ1) is 47.0. The second-order valence-corrected chi connectivity index (χ2v) is 16.9. The van der Waals surface area contributed by atoms with Crippen molar-refractivity contribution in [2.45, 2.75) is 65.9 Å². The number of fused-ring (bicyclic) bond motifs is 4. The molecule has 0 radical (unpaired) electrons. The third-order valence-electron chi connectivity index (χ3n) is 11.1. The van der Waals surface area contributed by atoms with E-state index in [9.17, 15) is 17.8 Å². The minimum absolute atomic E-state index is 0. The Labute approximate surface area is 473 Å². The summed E-state index contributed by atoms with van der Waals surface area (Å²) in [6.45, 7) is -12.5. The van der Waals surface area contributed by atoms with Crippen LogP contribution in [0.5, 0.6) is 11.5 Å². The molecule has 0 N–H and O–H groups in total. The summed E-state index contributed by atoms with van der Waals surface area (Å²) in [5, 5.41) is 0.281. The SMILES string of the molecule is [2H]c1c([2H])c(-c2c([2H])c([2H])c(-c3c([2H])c([2H])c(C(C)(C)C)c([2H])c3C([2H])([2H])[2H])c([2H])c2[2H])c(N2[CH-]N(c3[c-]c(Oc4[c-]c5c(cc4)c4c([2H])c([2H])c([2H])c([2H])c4n5-c4cc(C([2H])([2H])[2H])ccn4)ccc3)c3ccccc32)c(-c2c([2H])c([2H])c(C(C([2H])([2H])[2H])(C([2H])([2H])[2H])C([2H])([2H])[2H])c([2H])c2[2H])c1[2H].[Pt]. The van der Waals surface area contributed by atoms with Gasteiger partial charge in [0.2, 0.25) is 0 Å². The van der Waals surface area contributed by atoms with E-state index in [1.807, 2.05) is 0 Å². The molecule has 0 saturated carbocycles. The molecule has 5 nitrogen and oxygen atoms in total. The number of aromatic nitrogens is 2. The zero-order valence-corrected chi connectivity index (χ0v) is 39.3. The predicted molar refractivity (Wildman–Crippen MR) is 287 cm³/mol. The van der Waals surface area contributed by atoms with Crippen LogP contribution in [0.25, 0.3) is 61.0 Å². The molecule has 3 heterocycles. The van der Waals surface area contributed by atoms with E-state index in [0.717, 1.165) is 4.90 Å². The summed E-state index contributed by atoms with van der Waals surface area (Å²) in [5.41, 5.74) is -14.2. The van der Waals surface area contributed by atoms with E-state index < -0.39 is 204 Å². The number of hydrogen-bond acceptors (Lipinski definition) is 4. The third kappa shape index (κ3) is 8.62. The topological polar surface area (TPSA) is 33.5 Å². The fourth-order valence-electron chi connectivity index (χ4n) is 7.85. The molecule has 8 aromatic carbocycles. The maximum atomic E-state index is 9.84. The molecule has 6 heteroatoms. The Morgan fingerprint density at radius 1 is 0.614 bits per heavy atom. The second kappa shape index (κ2) is 18.3. The van der Waals surface area contributed by atoms with Crippen molar-refractivity contribution in [2.75, 3.05) is 9.80 Å². The van der Waals surface area contributed by atoms with Crippen LogP contribution in [0.2, 0.25) is 0 Å². The van der Waals surface area contributed by atoms with E-state index in [-0.39, 0.29) is 88.4 Å². The molecule has 1 aliphatic rings. The first-order valence-electron chi connectivity index (χ1n) is 37.7. The van der Waals surface area contributed by atoms with Crippen LogP contribution in [-0.4, -0.2) is 9.55 Å². The first-order valence-corrected chi connectivity index (χ1v) is 21.2. The zero-order valence-electron chi connectivity index (χ0n) is 70.0. The molecule has 10 aromatic rings. The number of hydrogen-bond donors (Lipinski definition) is 0. The minimum atomic E-state index is -4.16. The van der Waals surface area contributed by atoms with Crippen molar-refractivity contribution in [3.8, 4) is 50.7 Å². The average Bonchev–Trinajstić information content (AvgIpc) is 1.27. The van der Waals surface area contributed by atoms with Gasteiger partial charge in [0.25, 0.3) is 0 Å². The van der Waals surface area contributed by atoms with Gasteiger partial charge in [-0.05, 0) is 105 Å². The van der Waals surface area contributed by atoms with Gasteiger partial charge in [-0.25, -0.2) is 4.98 Å². The van der Waals surface area contributed by atoms with Crippen molar-refractivity contribution in [1.82, 2.24) is 9.55 Å². The van der Waals surface area contributed by atoms with Crippen LogP contribution in [-0.2, 0) is 31.9 Å². The minimum Gasteiger partial charge on any atom is -0.509 e. The molecule has 0 aliphatic carbocycles. The van der Waals surface area contributed by atoms with E-state index >= 15 is 0 Å². The summed E-state index contributed by atoms with van der Waals surface area (Å²) in [4.78, 5) is 6.93. The van der Waals surface area contributed by atoms with E-state index in [0.29, 0.717) is 0 Å². The smallest absolute Gasteiger partial charge is 0.135 e. The van der Waals surface area contributed by atoms with Gasteiger partial charge in [-0.1, -0.05) is 162 Å². The van der Waals surface area contributed by atoms with Crippen molar-refractivity contribution >= 4 is 44.6 Å². The summed E-state index contributed by atoms with van der Waals surface area (Å²) in [7, 11) is 0. The number of aryl methyl sites for hydroxylation is 1. The van der Waals surface area contributed by atoms with Crippen LogP contribution >= 0.6 is 0 Å². The maximum Gasteiger partial charge on any atom is 0.135 e. The molecular weight excluding hydrogens is 1040 g/mol. The molecule has 0 unspecified atom stereocenters. The van der Waals surface area contributed by atoms with Crippen LogP contribution in [0.1, 0.15) is 109 Å². The number of ether oxygens (including phenoxy) is 1. The predicted octanol–water partition coefficient (Wildman–Crippen LogP) is 17.2. The molecule has 2 aromatic heterocycles. The van der Waals surface area contributed by atoms with Crippen LogP contribution < -0.4 is 14.5 Å². The normalized spacial score (nSPS) is 20.3. The third-order valence-corrected chi connectivity index (χ3v) is 11.1. The van der Waals surface area contributed by atoms with E-state index in [1.165, 1.54) is 83.0 Å². The van der Waals surface area contributed by atoms with Gasteiger partial charge in [-0.15, -0.1) is 48.1 Å². The summed E-state index contributed by atoms with van der Waals surface area (Å²) in [6.07, 6.45) is 1.23.